The van der Waals surface area contributed by atoms with Crippen molar-refractivity contribution < 1.29 is 9.32 Å². The Hall–Kier alpha value is -1.19. The summed E-state index contributed by atoms with van der Waals surface area (Å²) in [6, 6.07) is -0.154. The molecular formula is C15H27N3O2S. The lowest BCUT2D eigenvalue weighted by molar-refractivity contribution is 0.239. The Balaban J connectivity index is 0.00000191. The monoisotopic (exact) mass is 313 g/mol. The summed E-state index contributed by atoms with van der Waals surface area (Å²) in [4.78, 5) is 8.98. The van der Waals surface area contributed by atoms with E-state index in [0.717, 1.165) is 18.7 Å². The normalized spacial score (nSPS) is 22.9. The van der Waals surface area contributed by atoms with Crippen LogP contribution in [0, 0.1) is 18.8 Å². The Kier molecular flexibility index (Phi) is 10.8. The van der Waals surface area contributed by atoms with Crippen molar-refractivity contribution in [3.63, 3.8) is 0 Å². The third-order valence-corrected chi connectivity index (χ3v) is 4.37. The summed E-state index contributed by atoms with van der Waals surface area (Å²) in [5.41, 5.74) is 0. The van der Waals surface area contributed by atoms with Gasteiger partial charge < -0.3 is 10.4 Å². The molecule has 5 nitrogen and oxygen atoms in total. The lowest BCUT2D eigenvalue weighted by atomic mass is 10.1. The average Bonchev–Trinajstić information content (AvgIpc) is 2.56. The Morgan fingerprint density at radius 2 is 2.14 bits per heavy atom. The van der Waals surface area contributed by atoms with Gasteiger partial charge >= 0.3 is 0 Å². The summed E-state index contributed by atoms with van der Waals surface area (Å²) in [6.45, 7) is 6.79. The molecule has 21 heavy (non-hydrogen) atoms. The van der Waals surface area contributed by atoms with Gasteiger partial charge in [0.25, 0.3) is 0 Å². The van der Waals surface area contributed by atoms with Gasteiger partial charge in [-0.3, -0.25) is 14.2 Å². The zero-order valence-electron chi connectivity index (χ0n) is 13.2. The van der Waals surface area contributed by atoms with E-state index in [1.807, 2.05) is 20.8 Å². The standard InChI is InChI=1S/C13H25N3O2S.C2H2/c1-4-12-14-6-5-7-19(18)9-13(16-12)15-11(8-17)10(2)3;1-2/h10-11,17H,4-9H2,1-3H3,(H,14,15,16);1-2H. The molecule has 0 spiro atoms. The molecule has 0 aliphatic carbocycles. The molecule has 2 N–H and O–H groups in total. The number of nitrogens with one attached hydrogen (secondary N) is 1. The van der Waals surface area contributed by atoms with Crippen molar-refractivity contribution in [3.8, 4) is 12.8 Å². The third kappa shape index (κ3) is 7.98. The van der Waals surface area contributed by atoms with E-state index in [1.165, 1.54) is 0 Å². The van der Waals surface area contributed by atoms with E-state index in [4.69, 9.17) is 0 Å². The van der Waals surface area contributed by atoms with Crippen LogP contribution in [-0.2, 0) is 10.8 Å². The number of amidine groups is 2. The maximum atomic E-state index is 11.9. The van der Waals surface area contributed by atoms with Crippen molar-refractivity contribution in [2.24, 2.45) is 15.9 Å². The maximum Gasteiger partial charge on any atom is 0.115 e. The van der Waals surface area contributed by atoms with E-state index in [2.05, 4.69) is 28.1 Å². The first-order valence-corrected chi connectivity index (χ1v) is 8.71. The second-order valence-electron chi connectivity index (χ2n) is 5.02. The van der Waals surface area contributed by atoms with Gasteiger partial charge in [-0.05, 0) is 12.3 Å². The van der Waals surface area contributed by atoms with Gasteiger partial charge in [0.05, 0.1) is 18.4 Å². The zero-order valence-corrected chi connectivity index (χ0v) is 14.0. The second kappa shape index (κ2) is 11.5. The van der Waals surface area contributed by atoms with Crippen LogP contribution >= 0.6 is 0 Å². The first kappa shape index (κ1) is 19.8. The molecule has 1 aliphatic heterocycles. The molecule has 120 valence electrons. The number of aliphatic hydroxyl groups is 1. The highest BCUT2D eigenvalue weighted by atomic mass is 32.2. The minimum Gasteiger partial charge on any atom is -0.394 e. The van der Waals surface area contributed by atoms with Crippen LogP contribution in [0.3, 0.4) is 0 Å². The molecule has 0 aromatic rings. The molecule has 0 fully saturated rings. The number of aliphatic hydroxyl groups excluding tert-OH is 1. The van der Waals surface area contributed by atoms with Gasteiger partial charge in [-0.2, -0.15) is 0 Å². The number of rotatable bonds is 4. The SMILES string of the molecule is C#C.CCC1=NCCCS(=O)CC(=NC(CO)C(C)C)N1. The summed E-state index contributed by atoms with van der Waals surface area (Å²) in [6.07, 6.45) is 9.65. The van der Waals surface area contributed by atoms with Gasteiger partial charge in [0.15, 0.2) is 0 Å². The van der Waals surface area contributed by atoms with E-state index in [1.54, 1.807) is 0 Å². The molecule has 0 radical (unpaired) electrons. The minimum absolute atomic E-state index is 0.00802. The zero-order chi connectivity index (χ0) is 16.3. The number of hydrogen-bond acceptors (Lipinski definition) is 4. The fraction of sp³-hybridized carbons (Fsp3) is 0.733. The van der Waals surface area contributed by atoms with Crippen LogP contribution in [-0.4, -0.2) is 51.7 Å². The molecule has 0 aromatic heterocycles. The summed E-state index contributed by atoms with van der Waals surface area (Å²) in [7, 11) is -0.907. The Morgan fingerprint density at radius 1 is 1.48 bits per heavy atom. The molecule has 0 saturated heterocycles. The molecule has 1 rings (SSSR count). The van der Waals surface area contributed by atoms with Crippen molar-refractivity contribution >= 4 is 22.5 Å². The highest BCUT2D eigenvalue weighted by Gasteiger charge is 2.15. The van der Waals surface area contributed by atoms with Crippen molar-refractivity contribution in [3.05, 3.63) is 0 Å². The Bertz CT molecular complexity index is 403. The summed E-state index contributed by atoms with van der Waals surface area (Å²) in [5.74, 6) is 2.91. The fourth-order valence-corrected chi connectivity index (χ4v) is 2.82. The number of aliphatic imine (C=N–C) groups is 2. The molecule has 0 amide bonds. The molecular weight excluding hydrogens is 286 g/mol. The first-order valence-electron chi connectivity index (χ1n) is 7.23. The first-order chi connectivity index (χ1) is 10.1. The highest BCUT2D eigenvalue weighted by molar-refractivity contribution is 7.85. The van der Waals surface area contributed by atoms with Gasteiger partial charge in [0.1, 0.15) is 11.7 Å². The van der Waals surface area contributed by atoms with Gasteiger partial charge in [-0.1, -0.05) is 20.8 Å². The van der Waals surface area contributed by atoms with Crippen LogP contribution in [0.4, 0.5) is 0 Å². The topological polar surface area (TPSA) is 74.0 Å². The van der Waals surface area contributed by atoms with Crippen LogP contribution < -0.4 is 5.32 Å². The van der Waals surface area contributed by atoms with Gasteiger partial charge in [0, 0.05) is 29.5 Å². The number of hydrogen-bond donors (Lipinski definition) is 2. The average molecular weight is 313 g/mol. The Morgan fingerprint density at radius 3 is 2.67 bits per heavy atom. The van der Waals surface area contributed by atoms with Gasteiger partial charge in [0.2, 0.25) is 0 Å². The van der Waals surface area contributed by atoms with Crippen LogP contribution in [0.5, 0.6) is 0 Å². The van der Waals surface area contributed by atoms with Crippen molar-refractivity contribution in [1.29, 1.82) is 0 Å². The lowest BCUT2D eigenvalue weighted by Gasteiger charge is -2.17. The third-order valence-electron chi connectivity index (χ3n) is 3.03. The predicted octanol–water partition coefficient (Wildman–Crippen LogP) is 1.20. The molecule has 1 heterocycles. The quantitative estimate of drug-likeness (QED) is 0.766. The van der Waals surface area contributed by atoms with Crippen molar-refractivity contribution in [1.82, 2.24) is 5.32 Å². The molecule has 0 bridgehead atoms. The summed E-state index contributed by atoms with van der Waals surface area (Å²) in [5, 5.41) is 12.5. The molecule has 0 saturated carbocycles. The molecule has 2 unspecified atom stereocenters. The molecule has 6 heteroatoms. The van der Waals surface area contributed by atoms with Crippen LogP contribution in [0.15, 0.2) is 9.98 Å². The molecule has 1 aliphatic rings. The van der Waals surface area contributed by atoms with E-state index in [-0.39, 0.29) is 18.6 Å². The van der Waals surface area contributed by atoms with E-state index < -0.39 is 10.8 Å². The van der Waals surface area contributed by atoms with Crippen LogP contribution in [0.2, 0.25) is 0 Å². The number of terminal acetylenes is 1. The minimum atomic E-state index is -0.907. The molecule has 0 aromatic carbocycles. The van der Waals surface area contributed by atoms with E-state index in [9.17, 15) is 9.32 Å². The second-order valence-corrected chi connectivity index (χ2v) is 6.60. The van der Waals surface area contributed by atoms with Gasteiger partial charge in [-0.25, -0.2) is 0 Å². The maximum absolute atomic E-state index is 11.9. The summed E-state index contributed by atoms with van der Waals surface area (Å²) < 4.78 is 11.9. The van der Waals surface area contributed by atoms with Crippen molar-refractivity contribution in [2.75, 3.05) is 24.7 Å². The van der Waals surface area contributed by atoms with E-state index in [0.29, 0.717) is 23.9 Å². The fourth-order valence-electron chi connectivity index (χ4n) is 1.78. The smallest absolute Gasteiger partial charge is 0.115 e. The lowest BCUT2D eigenvalue weighted by Crippen LogP contribution is -2.36. The van der Waals surface area contributed by atoms with Crippen LogP contribution in [0.25, 0.3) is 0 Å². The van der Waals surface area contributed by atoms with Gasteiger partial charge in [-0.15, -0.1) is 12.8 Å². The highest BCUT2D eigenvalue weighted by Crippen LogP contribution is 2.06. The summed E-state index contributed by atoms with van der Waals surface area (Å²) >= 11 is 0. The van der Waals surface area contributed by atoms with E-state index >= 15 is 0 Å². The predicted molar refractivity (Wildman–Crippen MR) is 91.3 cm³/mol. The Labute approximate surface area is 130 Å². The largest absolute Gasteiger partial charge is 0.394 e. The molecule has 2 atom stereocenters. The van der Waals surface area contributed by atoms with Crippen molar-refractivity contribution in [2.45, 2.75) is 39.7 Å². The number of nitrogens with zero attached hydrogens (tertiary/aromatic N) is 2. The van der Waals surface area contributed by atoms with Crippen LogP contribution in [0.1, 0.15) is 33.6 Å².